The maximum Gasteiger partial charge on any atom is 0.229 e. The largest absolute Gasteiger partial charge is 0.437 e. The van der Waals surface area contributed by atoms with E-state index in [4.69, 9.17) is 11.3 Å². The first-order valence-electron chi connectivity index (χ1n) is 10.9. The van der Waals surface area contributed by atoms with Gasteiger partial charge in [-0.25, -0.2) is 4.98 Å². The van der Waals surface area contributed by atoms with Crippen molar-refractivity contribution in [2.75, 3.05) is 0 Å². The van der Waals surface area contributed by atoms with Crippen LogP contribution in [-0.4, -0.2) is 9.97 Å². The van der Waals surface area contributed by atoms with Gasteiger partial charge in [-0.1, -0.05) is 20.8 Å². The Labute approximate surface area is 163 Å². The summed E-state index contributed by atoms with van der Waals surface area (Å²) in [4.78, 5) is 8.76. The first-order valence-corrected chi connectivity index (χ1v) is 9.25. The minimum Gasteiger partial charge on any atom is -0.437 e. The van der Waals surface area contributed by atoms with Crippen LogP contribution in [0.3, 0.4) is 0 Å². The van der Waals surface area contributed by atoms with E-state index in [1.54, 1.807) is 24.4 Å². The van der Waals surface area contributed by atoms with Gasteiger partial charge in [-0.3, -0.25) is 4.98 Å². The zero-order valence-electron chi connectivity index (χ0n) is 19.7. The average Bonchev–Trinajstić information content (AvgIpc) is 3.25. The molecule has 0 aliphatic carbocycles. The normalized spacial score (nSPS) is 16.7. The Balaban J connectivity index is 1.75. The number of benzene rings is 1. The number of aromatic nitrogens is 2. The van der Waals surface area contributed by atoms with E-state index in [2.05, 4.69) is 9.97 Å². The molecule has 0 amide bonds. The highest BCUT2D eigenvalue weighted by Crippen LogP contribution is 2.45. The highest BCUT2D eigenvalue weighted by Gasteiger charge is 2.21. The van der Waals surface area contributed by atoms with Gasteiger partial charge < -0.3 is 4.42 Å². The first kappa shape index (κ1) is 11.3. The van der Waals surface area contributed by atoms with E-state index in [1.807, 2.05) is 32.9 Å². The molecule has 3 nitrogen and oxygen atoms in total. The molecule has 0 atom stereocenters. The minimum absolute atomic E-state index is 0.0141. The zero-order valence-corrected chi connectivity index (χ0v) is 15.5. The molecule has 130 valence electrons. The van der Waals surface area contributed by atoms with Crippen molar-refractivity contribution in [2.24, 2.45) is 5.41 Å². The standard InChI is InChI=1S/C22H20N2OS/c1-12-9-17-19-18-16(26-17)6-5-14(20(18)25-21(19)24-12)15-10-13(7-8-23-15)11-22(2,3)4/h5-10H,11H2,1-4H3/i1D3,11D2. The van der Waals surface area contributed by atoms with Gasteiger partial charge in [0.1, 0.15) is 5.58 Å². The number of furan rings is 1. The highest BCUT2D eigenvalue weighted by molar-refractivity contribution is 7.26. The lowest BCUT2D eigenvalue weighted by atomic mass is 9.88. The van der Waals surface area contributed by atoms with Gasteiger partial charge in [-0.05, 0) is 54.5 Å². The molecule has 0 N–H and O–H groups in total. The van der Waals surface area contributed by atoms with Crippen LogP contribution in [0.25, 0.3) is 42.7 Å². The molecule has 0 spiro atoms. The van der Waals surface area contributed by atoms with Gasteiger partial charge in [0, 0.05) is 39.1 Å². The van der Waals surface area contributed by atoms with Gasteiger partial charge in [0.15, 0.2) is 0 Å². The van der Waals surface area contributed by atoms with Gasteiger partial charge in [0.25, 0.3) is 0 Å². The predicted octanol–water partition coefficient (Wildman–Crippen LogP) is 6.59. The molecule has 4 heteroatoms. The molecule has 0 radical (unpaired) electrons. The molecule has 5 aromatic rings. The molecule has 0 unspecified atom stereocenters. The average molecular weight is 366 g/mol. The summed E-state index contributed by atoms with van der Waals surface area (Å²) in [7, 11) is 0. The number of hydrogen-bond donors (Lipinski definition) is 0. The minimum atomic E-state index is -2.32. The quantitative estimate of drug-likeness (QED) is 0.354. The van der Waals surface area contributed by atoms with Crippen LogP contribution in [0.4, 0.5) is 0 Å². The molecule has 0 aliphatic heterocycles. The third-order valence-corrected chi connectivity index (χ3v) is 5.40. The fourth-order valence-corrected chi connectivity index (χ4v) is 4.51. The van der Waals surface area contributed by atoms with Crippen LogP contribution in [0, 0.1) is 12.3 Å². The van der Waals surface area contributed by atoms with Crippen molar-refractivity contribution in [1.82, 2.24) is 9.97 Å². The first-order chi connectivity index (χ1) is 14.4. The SMILES string of the molecule is [2H]C([2H])([2H])c1cc2sc3ccc(-c4cc(C([2H])([2H])C(C)(C)C)ccn4)c4oc(n1)c2c34. The summed E-state index contributed by atoms with van der Waals surface area (Å²) in [5.41, 5.74) is 2.20. The van der Waals surface area contributed by atoms with Gasteiger partial charge in [0.2, 0.25) is 5.71 Å². The van der Waals surface area contributed by atoms with Crippen molar-refractivity contribution in [3.8, 4) is 11.3 Å². The maximum absolute atomic E-state index is 8.60. The molecule has 4 aromatic heterocycles. The molecular weight excluding hydrogens is 340 g/mol. The van der Waals surface area contributed by atoms with Crippen molar-refractivity contribution in [2.45, 2.75) is 34.0 Å². The Hall–Kier alpha value is -2.46. The molecule has 1 aromatic carbocycles. The Morgan fingerprint density at radius 2 is 2.04 bits per heavy atom. The van der Waals surface area contributed by atoms with Crippen molar-refractivity contribution in [1.29, 1.82) is 0 Å². The van der Waals surface area contributed by atoms with E-state index < -0.39 is 18.6 Å². The summed E-state index contributed by atoms with van der Waals surface area (Å²) >= 11 is 1.51. The van der Waals surface area contributed by atoms with Crippen LogP contribution in [0.2, 0.25) is 0 Å². The van der Waals surface area contributed by atoms with E-state index in [0.29, 0.717) is 22.6 Å². The third kappa shape index (κ3) is 2.40. The Bertz CT molecular complexity index is 1440. The second-order valence-corrected chi connectivity index (χ2v) is 8.59. The molecular formula is C22H20N2OS. The van der Waals surface area contributed by atoms with E-state index in [9.17, 15) is 0 Å². The molecule has 26 heavy (non-hydrogen) atoms. The van der Waals surface area contributed by atoms with Crippen molar-refractivity contribution in [3.05, 3.63) is 47.8 Å². The number of aryl methyl sites for hydroxylation is 1. The number of hydrogen-bond acceptors (Lipinski definition) is 4. The van der Waals surface area contributed by atoms with Gasteiger partial charge in [-0.2, -0.15) is 0 Å². The molecule has 0 aliphatic rings. The smallest absolute Gasteiger partial charge is 0.229 e. The van der Waals surface area contributed by atoms with Crippen LogP contribution in [0.1, 0.15) is 38.9 Å². The van der Waals surface area contributed by atoms with E-state index >= 15 is 0 Å². The number of rotatable bonds is 2. The molecule has 0 saturated carbocycles. The summed E-state index contributed by atoms with van der Waals surface area (Å²) in [6.45, 7) is 3.29. The summed E-state index contributed by atoms with van der Waals surface area (Å²) in [5, 5.41) is 1.73. The van der Waals surface area contributed by atoms with E-state index in [0.717, 1.165) is 25.7 Å². The molecule has 5 rings (SSSR count). The lowest BCUT2D eigenvalue weighted by Gasteiger charge is -2.18. The van der Waals surface area contributed by atoms with Crippen molar-refractivity contribution >= 4 is 42.8 Å². The maximum atomic E-state index is 8.60. The fraction of sp³-hybridized carbons (Fsp3) is 0.273. The van der Waals surface area contributed by atoms with Crippen molar-refractivity contribution < 1.29 is 11.3 Å². The lowest BCUT2D eigenvalue weighted by Crippen LogP contribution is -2.09. The second kappa shape index (κ2) is 5.27. The summed E-state index contributed by atoms with van der Waals surface area (Å²) in [6, 6.07) is 8.97. The molecule has 0 bridgehead atoms. The Kier molecular flexibility index (Phi) is 2.29. The second-order valence-electron chi connectivity index (χ2n) is 7.51. The summed E-state index contributed by atoms with van der Waals surface area (Å²) in [5.74, 6) is 0. The number of pyridine rings is 2. The number of thiophene rings is 1. The topological polar surface area (TPSA) is 38.9 Å². The van der Waals surface area contributed by atoms with Crippen LogP contribution >= 0.6 is 11.3 Å². The summed E-state index contributed by atoms with van der Waals surface area (Å²) < 4.78 is 48.2. The van der Waals surface area contributed by atoms with E-state index in [1.165, 1.54) is 11.3 Å². The monoisotopic (exact) mass is 365 g/mol. The van der Waals surface area contributed by atoms with Gasteiger partial charge in [0.05, 0.1) is 11.1 Å². The molecule has 4 heterocycles. The predicted molar refractivity (Wildman–Crippen MR) is 109 cm³/mol. The lowest BCUT2D eigenvalue weighted by molar-refractivity contribution is 0.411. The van der Waals surface area contributed by atoms with Gasteiger partial charge >= 0.3 is 0 Å². The Morgan fingerprint density at radius 1 is 1.15 bits per heavy atom. The zero-order chi connectivity index (χ0) is 22.3. The van der Waals surface area contributed by atoms with Crippen LogP contribution in [-0.2, 0) is 6.37 Å². The third-order valence-electron chi connectivity index (χ3n) is 4.29. The summed E-state index contributed by atoms with van der Waals surface area (Å²) in [6.07, 6.45) is 0.0617. The molecule has 0 fully saturated rings. The molecule has 0 saturated heterocycles. The van der Waals surface area contributed by atoms with Crippen LogP contribution in [0.5, 0.6) is 0 Å². The van der Waals surface area contributed by atoms with Gasteiger partial charge in [-0.15, -0.1) is 11.3 Å². The van der Waals surface area contributed by atoms with Crippen LogP contribution in [0.15, 0.2) is 40.9 Å². The van der Waals surface area contributed by atoms with E-state index in [-0.39, 0.29) is 5.69 Å². The highest BCUT2D eigenvalue weighted by atomic mass is 32.1. The number of nitrogens with zero attached hydrogens (tertiary/aromatic N) is 2. The Morgan fingerprint density at radius 3 is 2.85 bits per heavy atom. The fourth-order valence-electron chi connectivity index (χ4n) is 3.38. The van der Waals surface area contributed by atoms with Crippen molar-refractivity contribution in [3.63, 3.8) is 0 Å². The van der Waals surface area contributed by atoms with Crippen LogP contribution < -0.4 is 0 Å².